The molecule has 0 heterocycles. The van der Waals surface area contributed by atoms with E-state index in [1.54, 1.807) is 12.1 Å². The molecular weight excluding hydrogens is 169 g/mol. The minimum absolute atomic E-state index is 0.104. The summed E-state index contributed by atoms with van der Waals surface area (Å²) in [6.07, 6.45) is 1.40. The van der Waals surface area contributed by atoms with Crippen LogP contribution >= 0.6 is 0 Å². The number of nitrogens with two attached hydrogens (primary N) is 1. The second-order valence-corrected chi connectivity index (χ2v) is 3.02. The quantitative estimate of drug-likeness (QED) is 0.744. The second kappa shape index (κ2) is 4.94. The third kappa shape index (κ3) is 3.13. The van der Waals surface area contributed by atoms with Crippen LogP contribution in [0.25, 0.3) is 0 Å². The van der Waals surface area contributed by atoms with Gasteiger partial charge in [0.1, 0.15) is 5.82 Å². The average molecular weight is 183 g/mol. The van der Waals surface area contributed by atoms with Crippen LogP contribution in [0.3, 0.4) is 0 Å². The Morgan fingerprint density at radius 2 is 1.92 bits per heavy atom. The minimum atomic E-state index is -0.252. The van der Waals surface area contributed by atoms with Crippen molar-refractivity contribution in [1.29, 1.82) is 0 Å². The molecule has 0 amide bonds. The summed E-state index contributed by atoms with van der Waals surface area (Å²) in [6.45, 7) is 0.148. The van der Waals surface area contributed by atoms with Crippen LogP contribution in [-0.4, -0.2) is 11.7 Å². The number of benzene rings is 1. The highest BCUT2D eigenvalue weighted by Crippen LogP contribution is 2.15. The maximum absolute atomic E-state index is 12.5. The molecule has 0 aliphatic rings. The number of hydrogen-bond donors (Lipinski definition) is 2. The zero-order valence-electron chi connectivity index (χ0n) is 7.41. The highest BCUT2D eigenvalue weighted by Gasteiger charge is 2.04. The van der Waals surface area contributed by atoms with Gasteiger partial charge in [0, 0.05) is 12.6 Å². The molecule has 72 valence electrons. The Kier molecular flexibility index (Phi) is 3.86. The predicted molar refractivity (Wildman–Crippen MR) is 49.6 cm³/mol. The normalized spacial score (nSPS) is 12.8. The first kappa shape index (κ1) is 10.2. The molecule has 0 aliphatic carbocycles. The molecular formula is C10H14FNO. The van der Waals surface area contributed by atoms with Crippen molar-refractivity contribution in [2.45, 2.75) is 18.9 Å². The third-order valence-electron chi connectivity index (χ3n) is 1.97. The molecule has 0 unspecified atom stereocenters. The van der Waals surface area contributed by atoms with Gasteiger partial charge in [-0.05, 0) is 30.5 Å². The van der Waals surface area contributed by atoms with Gasteiger partial charge in [-0.2, -0.15) is 0 Å². The summed E-state index contributed by atoms with van der Waals surface area (Å²) >= 11 is 0. The summed E-state index contributed by atoms with van der Waals surface area (Å²) in [5.41, 5.74) is 6.71. The summed E-state index contributed by atoms with van der Waals surface area (Å²) in [5, 5.41) is 8.59. The lowest BCUT2D eigenvalue weighted by Crippen LogP contribution is -2.10. The number of aliphatic hydroxyl groups excluding tert-OH is 1. The van der Waals surface area contributed by atoms with Crippen molar-refractivity contribution >= 4 is 0 Å². The van der Waals surface area contributed by atoms with Crippen molar-refractivity contribution in [2.75, 3.05) is 6.61 Å². The van der Waals surface area contributed by atoms with Gasteiger partial charge < -0.3 is 10.8 Å². The van der Waals surface area contributed by atoms with Crippen LogP contribution in [0.15, 0.2) is 24.3 Å². The van der Waals surface area contributed by atoms with Gasteiger partial charge in [-0.3, -0.25) is 0 Å². The molecule has 3 N–H and O–H groups in total. The molecule has 3 heteroatoms. The Bertz CT molecular complexity index is 248. The average Bonchev–Trinajstić information content (AvgIpc) is 2.15. The Balaban J connectivity index is 2.55. The van der Waals surface area contributed by atoms with E-state index in [1.165, 1.54) is 12.1 Å². The minimum Gasteiger partial charge on any atom is -0.396 e. The topological polar surface area (TPSA) is 46.2 Å². The van der Waals surface area contributed by atoms with Crippen LogP contribution in [0.4, 0.5) is 4.39 Å². The van der Waals surface area contributed by atoms with Gasteiger partial charge >= 0.3 is 0 Å². The highest BCUT2D eigenvalue weighted by molar-refractivity contribution is 5.19. The molecule has 0 fully saturated rings. The molecule has 0 aliphatic heterocycles. The zero-order valence-corrected chi connectivity index (χ0v) is 7.41. The first-order chi connectivity index (χ1) is 6.24. The Morgan fingerprint density at radius 3 is 2.46 bits per heavy atom. The first-order valence-corrected chi connectivity index (χ1v) is 4.36. The lowest BCUT2D eigenvalue weighted by atomic mass is 10.0. The van der Waals surface area contributed by atoms with E-state index in [1.807, 2.05) is 0 Å². The summed E-state index contributed by atoms with van der Waals surface area (Å²) < 4.78 is 12.5. The van der Waals surface area contributed by atoms with E-state index in [0.29, 0.717) is 6.42 Å². The number of rotatable bonds is 4. The summed E-state index contributed by atoms with van der Waals surface area (Å²) in [7, 11) is 0. The Hall–Kier alpha value is -0.930. The molecule has 1 atom stereocenters. The maximum Gasteiger partial charge on any atom is 0.123 e. The molecule has 0 bridgehead atoms. The molecule has 0 saturated carbocycles. The van der Waals surface area contributed by atoms with Gasteiger partial charge in [0.15, 0.2) is 0 Å². The molecule has 1 aromatic carbocycles. The fraction of sp³-hybridized carbons (Fsp3) is 0.400. The van der Waals surface area contributed by atoms with E-state index in [0.717, 1.165) is 12.0 Å². The summed E-state index contributed by atoms with van der Waals surface area (Å²) in [4.78, 5) is 0. The van der Waals surface area contributed by atoms with Gasteiger partial charge in [-0.15, -0.1) is 0 Å². The van der Waals surface area contributed by atoms with Crippen molar-refractivity contribution in [2.24, 2.45) is 5.73 Å². The molecule has 0 radical (unpaired) electrons. The maximum atomic E-state index is 12.5. The Morgan fingerprint density at radius 1 is 1.31 bits per heavy atom. The molecule has 0 aromatic heterocycles. The molecule has 1 rings (SSSR count). The van der Waals surface area contributed by atoms with E-state index in [2.05, 4.69) is 0 Å². The number of aliphatic hydroxyl groups is 1. The van der Waals surface area contributed by atoms with E-state index >= 15 is 0 Å². The number of halogens is 1. The van der Waals surface area contributed by atoms with Crippen LogP contribution in [0.2, 0.25) is 0 Å². The van der Waals surface area contributed by atoms with E-state index in [4.69, 9.17) is 10.8 Å². The van der Waals surface area contributed by atoms with Gasteiger partial charge in [0.25, 0.3) is 0 Å². The molecule has 0 spiro atoms. The lowest BCUT2D eigenvalue weighted by Gasteiger charge is -2.10. The van der Waals surface area contributed by atoms with Crippen molar-refractivity contribution in [3.8, 4) is 0 Å². The summed E-state index contributed by atoms with van der Waals surface area (Å²) in [6, 6.07) is 6.05. The second-order valence-electron chi connectivity index (χ2n) is 3.02. The predicted octanol–water partition coefficient (Wildman–Crippen LogP) is 1.60. The monoisotopic (exact) mass is 183 g/mol. The van der Waals surface area contributed by atoms with Crippen LogP contribution < -0.4 is 5.73 Å². The Labute approximate surface area is 77.2 Å². The van der Waals surface area contributed by atoms with Crippen molar-refractivity contribution < 1.29 is 9.50 Å². The van der Waals surface area contributed by atoms with E-state index in [9.17, 15) is 4.39 Å². The van der Waals surface area contributed by atoms with E-state index < -0.39 is 0 Å². The van der Waals surface area contributed by atoms with Crippen molar-refractivity contribution in [3.05, 3.63) is 35.6 Å². The molecule has 13 heavy (non-hydrogen) atoms. The fourth-order valence-electron chi connectivity index (χ4n) is 1.19. The van der Waals surface area contributed by atoms with Crippen LogP contribution in [0.5, 0.6) is 0 Å². The van der Waals surface area contributed by atoms with Gasteiger partial charge in [0.2, 0.25) is 0 Å². The van der Waals surface area contributed by atoms with Gasteiger partial charge in [-0.1, -0.05) is 12.1 Å². The highest BCUT2D eigenvalue weighted by atomic mass is 19.1. The van der Waals surface area contributed by atoms with Crippen molar-refractivity contribution in [3.63, 3.8) is 0 Å². The standard InChI is InChI=1S/C10H14FNO/c11-9-5-3-8(4-6-9)10(12)2-1-7-13/h3-6,10,13H,1-2,7,12H2/t10-/m1/s1. The molecule has 0 saturated heterocycles. The smallest absolute Gasteiger partial charge is 0.123 e. The SMILES string of the molecule is N[C@H](CCCO)c1ccc(F)cc1. The van der Waals surface area contributed by atoms with Crippen molar-refractivity contribution in [1.82, 2.24) is 0 Å². The largest absolute Gasteiger partial charge is 0.396 e. The van der Waals surface area contributed by atoms with Crippen LogP contribution in [0.1, 0.15) is 24.4 Å². The fourth-order valence-corrected chi connectivity index (χ4v) is 1.19. The lowest BCUT2D eigenvalue weighted by molar-refractivity contribution is 0.280. The van der Waals surface area contributed by atoms with Crippen LogP contribution in [-0.2, 0) is 0 Å². The summed E-state index contributed by atoms with van der Waals surface area (Å²) in [5.74, 6) is -0.252. The zero-order chi connectivity index (χ0) is 9.68. The van der Waals surface area contributed by atoms with Crippen LogP contribution in [0, 0.1) is 5.82 Å². The van der Waals surface area contributed by atoms with E-state index in [-0.39, 0.29) is 18.5 Å². The molecule has 1 aromatic rings. The van der Waals surface area contributed by atoms with Gasteiger partial charge in [0.05, 0.1) is 0 Å². The third-order valence-corrected chi connectivity index (χ3v) is 1.97. The first-order valence-electron chi connectivity index (χ1n) is 4.36. The molecule has 2 nitrogen and oxygen atoms in total. The van der Waals surface area contributed by atoms with Gasteiger partial charge in [-0.25, -0.2) is 4.39 Å². The number of hydrogen-bond acceptors (Lipinski definition) is 2.